The van der Waals surface area contributed by atoms with Crippen LogP contribution in [0.1, 0.15) is 16.6 Å². The third kappa shape index (κ3) is 2.90. The van der Waals surface area contributed by atoms with E-state index in [2.05, 4.69) is 44.4 Å². The molecule has 0 spiro atoms. The lowest BCUT2D eigenvalue weighted by atomic mass is 10.1. The quantitative estimate of drug-likeness (QED) is 0.935. The van der Waals surface area contributed by atoms with Gasteiger partial charge in [-0.3, -0.25) is 4.98 Å². The normalized spacial score (nSPS) is 12.6. The number of thiophene rings is 1. The molecule has 16 heavy (non-hydrogen) atoms. The van der Waals surface area contributed by atoms with Crippen LogP contribution in [0.25, 0.3) is 0 Å². The molecule has 2 aromatic heterocycles. The topological polar surface area (TPSA) is 24.9 Å². The molecular weight excluding hydrogens is 284 g/mol. The Morgan fingerprint density at radius 2 is 2.25 bits per heavy atom. The van der Waals surface area contributed by atoms with Crippen LogP contribution in [0.4, 0.5) is 0 Å². The van der Waals surface area contributed by atoms with E-state index in [1.54, 1.807) is 11.3 Å². The Hall–Kier alpha value is -0.710. The number of nitrogens with zero attached hydrogens (tertiary/aromatic N) is 1. The molecule has 2 rings (SSSR count). The van der Waals surface area contributed by atoms with E-state index in [1.807, 2.05) is 25.4 Å². The van der Waals surface area contributed by atoms with Crippen molar-refractivity contribution in [2.24, 2.45) is 0 Å². The summed E-state index contributed by atoms with van der Waals surface area (Å²) >= 11 is 5.26. The minimum absolute atomic E-state index is 0.339. The molecule has 2 heterocycles. The second-order valence-corrected chi connectivity index (χ2v) is 6.00. The van der Waals surface area contributed by atoms with Crippen LogP contribution in [0, 0.1) is 0 Å². The minimum atomic E-state index is 0.339. The zero-order valence-electron chi connectivity index (χ0n) is 8.98. The molecule has 0 aliphatic carbocycles. The summed E-state index contributed by atoms with van der Waals surface area (Å²) in [5.41, 5.74) is 1.12. The summed E-state index contributed by atoms with van der Waals surface area (Å²) < 4.78 is 1.17. The van der Waals surface area contributed by atoms with Gasteiger partial charge < -0.3 is 5.32 Å². The Morgan fingerprint density at radius 3 is 2.81 bits per heavy atom. The largest absolute Gasteiger partial charge is 0.312 e. The van der Waals surface area contributed by atoms with Crippen molar-refractivity contribution in [3.8, 4) is 0 Å². The van der Waals surface area contributed by atoms with E-state index in [-0.39, 0.29) is 0 Å². The van der Waals surface area contributed by atoms with Crippen LogP contribution in [-0.4, -0.2) is 12.0 Å². The van der Waals surface area contributed by atoms with Gasteiger partial charge in [0.1, 0.15) is 0 Å². The molecule has 0 aliphatic rings. The fourth-order valence-electron chi connectivity index (χ4n) is 1.59. The number of nitrogens with one attached hydrogen (secondary N) is 1. The van der Waals surface area contributed by atoms with Crippen LogP contribution >= 0.6 is 27.3 Å². The number of hydrogen-bond acceptors (Lipinski definition) is 3. The average molecular weight is 297 g/mol. The van der Waals surface area contributed by atoms with E-state index in [0.717, 1.165) is 12.1 Å². The minimum Gasteiger partial charge on any atom is -0.312 e. The molecule has 0 saturated carbocycles. The fraction of sp³-hybridized carbons (Fsp3) is 0.250. The van der Waals surface area contributed by atoms with Gasteiger partial charge in [0.2, 0.25) is 0 Å². The number of halogens is 1. The predicted octanol–water partition coefficient (Wildman–Crippen LogP) is 3.41. The number of likely N-dealkylation sites (N-methyl/N-ethyl adjacent to an activating group) is 1. The van der Waals surface area contributed by atoms with Gasteiger partial charge in [0, 0.05) is 29.2 Å². The molecule has 0 aliphatic heterocycles. The van der Waals surface area contributed by atoms with Crippen molar-refractivity contribution < 1.29 is 0 Å². The van der Waals surface area contributed by atoms with E-state index in [4.69, 9.17) is 0 Å². The lowest BCUT2D eigenvalue weighted by molar-refractivity contribution is 0.594. The molecule has 1 atom stereocenters. The first kappa shape index (κ1) is 11.8. The van der Waals surface area contributed by atoms with Gasteiger partial charge in [-0.05, 0) is 47.2 Å². The zero-order valence-corrected chi connectivity index (χ0v) is 11.4. The van der Waals surface area contributed by atoms with Crippen molar-refractivity contribution in [3.63, 3.8) is 0 Å². The highest BCUT2D eigenvalue weighted by molar-refractivity contribution is 9.11. The van der Waals surface area contributed by atoms with E-state index in [1.165, 1.54) is 8.66 Å². The number of rotatable bonds is 4. The Morgan fingerprint density at radius 1 is 1.38 bits per heavy atom. The number of pyridine rings is 1. The van der Waals surface area contributed by atoms with Crippen LogP contribution in [0.15, 0.2) is 40.3 Å². The Labute approximate surface area is 108 Å². The molecule has 0 fully saturated rings. The van der Waals surface area contributed by atoms with E-state index >= 15 is 0 Å². The predicted molar refractivity (Wildman–Crippen MR) is 71.8 cm³/mol. The lowest BCUT2D eigenvalue weighted by Crippen LogP contribution is -2.18. The van der Waals surface area contributed by atoms with Crippen LogP contribution in [-0.2, 0) is 6.42 Å². The molecule has 2 aromatic rings. The molecule has 2 nitrogen and oxygen atoms in total. The summed E-state index contributed by atoms with van der Waals surface area (Å²) in [4.78, 5) is 5.69. The Bertz CT molecular complexity index is 441. The zero-order chi connectivity index (χ0) is 11.4. The van der Waals surface area contributed by atoms with Gasteiger partial charge in [-0.25, -0.2) is 0 Å². The monoisotopic (exact) mass is 296 g/mol. The van der Waals surface area contributed by atoms with Crippen molar-refractivity contribution in [2.75, 3.05) is 7.05 Å². The molecule has 0 saturated heterocycles. The van der Waals surface area contributed by atoms with Crippen molar-refractivity contribution in [2.45, 2.75) is 12.5 Å². The third-order valence-electron chi connectivity index (χ3n) is 2.43. The lowest BCUT2D eigenvalue weighted by Gasteiger charge is -2.13. The first-order valence-electron chi connectivity index (χ1n) is 5.12. The molecule has 0 amide bonds. The van der Waals surface area contributed by atoms with Gasteiger partial charge >= 0.3 is 0 Å². The van der Waals surface area contributed by atoms with Gasteiger partial charge in [-0.1, -0.05) is 6.07 Å². The molecule has 84 valence electrons. The first-order chi connectivity index (χ1) is 7.79. The van der Waals surface area contributed by atoms with Gasteiger partial charge in [0.15, 0.2) is 0 Å². The maximum absolute atomic E-state index is 4.35. The van der Waals surface area contributed by atoms with Crippen molar-refractivity contribution in [1.82, 2.24) is 10.3 Å². The number of hydrogen-bond donors (Lipinski definition) is 1. The van der Waals surface area contributed by atoms with Crippen molar-refractivity contribution >= 4 is 27.3 Å². The van der Waals surface area contributed by atoms with Crippen LogP contribution in [0.5, 0.6) is 0 Å². The van der Waals surface area contributed by atoms with Crippen LogP contribution in [0.2, 0.25) is 0 Å². The van der Waals surface area contributed by atoms with Gasteiger partial charge in [0.05, 0.1) is 3.79 Å². The van der Waals surface area contributed by atoms with Gasteiger partial charge in [-0.15, -0.1) is 11.3 Å². The molecule has 0 aromatic carbocycles. The summed E-state index contributed by atoms with van der Waals surface area (Å²) in [6, 6.07) is 10.6. The molecule has 0 radical (unpaired) electrons. The van der Waals surface area contributed by atoms with Crippen LogP contribution < -0.4 is 5.32 Å². The fourth-order valence-corrected chi connectivity index (χ4v) is 3.12. The first-order valence-corrected chi connectivity index (χ1v) is 6.73. The standard InChI is InChI=1S/C12H13BrN2S/c1-14-10(11-5-6-12(13)16-11)8-9-4-2-3-7-15-9/h2-7,10,14H,8H2,1H3. The average Bonchev–Trinajstić information content (AvgIpc) is 2.74. The third-order valence-corrected chi connectivity index (χ3v) is 4.16. The Balaban J connectivity index is 2.12. The molecule has 4 heteroatoms. The second kappa shape index (κ2) is 5.57. The smallest absolute Gasteiger partial charge is 0.0701 e. The summed E-state index contributed by atoms with van der Waals surface area (Å²) in [6.45, 7) is 0. The highest BCUT2D eigenvalue weighted by atomic mass is 79.9. The summed E-state index contributed by atoms with van der Waals surface area (Å²) in [6.07, 6.45) is 2.76. The SMILES string of the molecule is CNC(Cc1ccccn1)c1ccc(Br)s1. The maximum Gasteiger partial charge on any atom is 0.0701 e. The molecule has 1 unspecified atom stereocenters. The van der Waals surface area contributed by atoms with E-state index in [9.17, 15) is 0 Å². The van der Waals surface area contributed by atoms with E-state index in [0.29, 0.717) is 6.04 Å². The number of aromatic nitrogens is 1. The van der Waals surface area contributed by atoms with Crippen LogP contribution in [0.3, 0.4) is 0 Å². The van der Waals surface area contributed by atoms with Gasteiger partial charge in [-0.2, -0.15) is 0 Å². The molecular formula is C12H13BrN2S. The Kier molecular flexibility index (Phi) is 4.09. The van der Waals surface area contributed by atoms with E-state index < -0.39 is 0 Å². The summed E-state index contributed by atoms with van der Waals surface area (Å²) in [5.74, 6) is 0. The summed E-state index contributed by atoms with van der Waals surface area (Å²) in [5, 5.41) is 3.33. The molecule has 0 bridgehead atoms. The second-order valence-electron chi connectivity index (χ2n) is 3.51. The summed E-state index contributed by atoms with van der Waals surface area (Å²) in [7, 11) is 1.99. The highest BCUT2D eigenvalue weighted by Crippen LogP contribution is 2.28. The van der Waals surface area contributed by atoms with Gasteiger partial charge in [0.25, 0.3) is 0 Å². The maximum atomic E-state index is 4.35. The highest BCUT2D eigenvalue weighted by Gasteiger charge is 2.12. The van der Waals surface area contributed by atoms with Crippen molar-refractivity contribution in [1.29, 1.82) is 0 Å². The van der Waals surface area contributed by atoms with Crippen molar-refractivity contribution in [3.05, 3.63) is 50.9 Å². The molecule has 1 N–H and O–H groups in total.